The fourth-order valence-electron chi connectivity index (χ4n) is 0.136. The Kier molecular flexibility index (Phi) is 12.7. The Morgan fingerprint density at radius 1 is 1.30 bits per heavy atom. The molecule has 0 heteroatoms. The van der Waals surface area contributed by atoms with E-state index in [1.54, 1.807) is 12.2 Å². The van der Waals surface area contributed by atoms with Gasteiger partial charge in [-0.2, -0.15) is 0 Å². The highest BCUT2D eigenvalue weighted by molar-refractivity contribution is 5.05. The van der Waals surface area contributed by atoms with Crippen molar-refractivity contribution in [1.82, 2.24) is 0 Å². The standard InChI is InChI=1S/2C5H8/c1-4-5(2)3;1-3-5-4-2/h4H,1-2H2,3H3;3-5H,1H2,2H3/b;5-4-. The average Bonchev–Trinajstić information content (AvgIpc) is 1.91. The molecule has 0 saturated carbocycles. The fraction of sp³-hybridized carbons (Fsp3) is 0.200. The van der Waals surface area contributed by atoms with Crippen molar-refractivity contribution in [3.63, 3.8) is 0 Å². The Hall–Kier alpha value is -1.04. The minimum Gasteiger partial charge on any atom is -0.0991 e. The summed E-state index contributed by atoms with van der Waals surface area (Å²) in [6.45, 7) is 14.3. The second-order valence-corrected chi connectivity index (χ2v) is 1.81. The monoisotopic (exact) mass is 136 g/mol. The van der Waals surface area contributed by atoms with Crippen LogP contribution in [0.3, 0.4) is 0 Å². The van der Waals surface area contributed by atoms with E-state index in [-0.39, 0.29) is 0 Å². The molecular weight excluding hydrogens is 120 g/mol. The summed E-state index contributed by atoms with van der Waals surface area (Å²) in [5, 5.41) is 0. The molecular formula is C10H16. The van der Waals surface area contributed by atoms with Gasteiger partial charge in [0.25, 0.3) is 0 Å². The van der Waals surface area contributed by atoms with E-state index in [4.69, 9.17) is 0 Å². The third-order valence-electron chi connectivity index (χ3n) is 0.677. The molecule has 0 bridgehead atoms. The van der Waals surface area contributed by atoms with Gasteiger partial charge >= 0.3 is 0 Å². The lowest BCUT2D eigenvalue weighted by Crippen LogP contribution is -1.50. The van der Waals surface area contributed by atoms with Gasteiger partial charge in [-0.3, -0.25) is 0 Å². The van der Waals surface area contributed by atoms with E-state index >= 15 is 0 Å². The summed E-state index contributed by atoms with van der Waals surface area (Å²) >= 11 is 0. The second-order valence-electron chi connectivity index (χ2n) is 1.81. The van der Waals surface area contributed by atoms with Gasteiger partial charge in [-0.1, -0.05) is 49.6 Å². The summed E-state index contributed by atoms with van der Waals surface area (Å²) in [5.41, 5.74) is 1.02. The van der Waals surface area contributed by atoms with Crippen LogP contribution in [-0.2, 0) is 0 Å². The van der Waals surface area contributed by atoms with Crippen LogP contribution in [0.1, 0.15) is 13.8 Å². The van der Waals surface area contributed by atoms with Crippen LogP contribution in [0.5, 0.6) is 0 Å². The maximum atomic E-state index is 3.56. The van der Waals surface area contributed by atoms with Gasteiger partial charge in [0.15, 0.2) is 0 Å². The molecule has 0 saturated heterocycles. The van der Waals surface area contributed by atoms with E-state index in [0.717, 1.165) is 5.57 Å². The van der Waals surface area contributed by atoms with Crippen LogP contribution in [0.25, 0.3) is 0 Å². The molecule has 0 aliphatic heterocycles. The summed E-state index contributed by atoms with van der Waals surface area (Å²) in [6.07, 6.45) is 7.30. The van der Waals surface area contributed by atoms with Gasteiger partial charge in [0.05, 0.1) is 0 Å². The van der Waals surface area contributed by atoms with Crippen molar-refractivity contribution in [1.29, 1.82) is 0 Å². The predicted octanol–water partition coefficient (Wildman–Crippen LogP) is 3.50. The van der Waals surface area contributed by atoms with Crippen molar-refractivity contribution in [3.8, 4) is 0 Å². The molecule has 56 valence electrons. The van der Waals surface area contributed by atoms with E-state index in [1.165, 1.54) is 0 Å². The molecule has 0 heterocycles. The number of allylic oxidation sites excluding steroid dienone is 5. The Labute approximate surface area is 64.3 Å². The Balaban J connectivity index is 0. The van der Waals surface area contributed by atoms with Crippen molar-refractivity contribution in [2.45, 2.75) is 13.8 Å². The summed E-state index contributed by atoms with van der Waals surface area (Å²) < 4.78 is 0. The zero-order valence-corrected chi connectivity index (χ0v) is 6.93. The third-order valence-corrected chi connectivity index (χ3v) is 0.677. The van der Waals surface area contributed by atoms with E-state index in [1.807, 2.05) is 26.0 Å². The molecule has 0 aliphatic carbocycles. The van der Waals surface area contributed by atoms with Gasteiger partial charge in [-0.15, -0.1) is 0 Å². The van der Waals surface area contributed by atoms with Crippen molar-refractivity contribution in [2.24, 2.45) is 0 Å². The van der Waals surface area contributed by atoms with Crippen LogP contribution in [0.15, 0.2) is 49.6 Å². The van der Waals surface area contributed by atoms with E-state index < -0.39 is 0 Å². The predicted molar refractivity (Wildman–Crippen MR) is 50.0 cm³/mol. The zero-order chi connectivity index (χ0) is 8.41. The molecule has 0 N–H and O–H groups in total. The maximum absolute atomic E-state index is 3.56. The van der Waals surface area contributed by atoms with Crippen LogP contribution in [-0.4, -0.2) is 0 Å². The zero-order valence-electron chi connectivity index (χ0n) is 6.93. The fourth-order valence-corrected chi connectivity index (χ4v) is 0.136. The minimum atomic E-state index is 1.02. The van der Waals surface area contributed by atoms with Crippen LogP contribution in [0.2, 0.25) is 0 Å². The minimum absolute atomic E-state index is 1.02. The van der Waals surface area contributed by atoms with Crippen LogP contribution in [0.4, 0.5) is 0 Å². The molecule has 10 heavy (non-hydrogen) atoms. The number of rotatable bonds is 2. The first-order chi connectivity index (χ1) is 4.68. The van der Waals surface area contributed by atoms with Crippen LogP contribution in [0, 0.1) is 0 Å². The van der Waals surface area contributed by atoms with Crippen molar-refractivity contribution >= 4 is 0 Å². The molecule has 0 fully saturated rings. The van der Waals surface area contributed by atoms with E-state index in [9.17, 15) is 0 Å². The largest absolute Gasteiger partial charge is 0.0991 e. The molecule has 0 aromatic heterocycles. The Morgan fingerprint density at radius 2 is 1.70 bits per heavy atom. The van der Waals surface area contributed by atoms with Gasteiger partial charge < -0.3 is 0 Å². The Bertz CT molecular complexity index is 127. The molecule has 0 aromatic carbocycles. The first-order valence-corrected chi connectivity index (χ1v) is 3.20. The highest BCUT2D eigenvalue weighted by Crippen LogP contribution is 1.81. The SMILES string of the molecule is C=C/C=C\C.C=CC(=C)C. The molecule has 0 unspecified atom stereocenters. The molecule has 0 aromatic rings. The second kappa shape index (κ2) is 10.9. The quantitative estimate of drug-likeness (QED) is 0.510. The molecule has 0 aliphatic rings. The Morgan fingerprint density at radius 3 is 1.70 bits per heavy atom. The van der Waals surface area contributed by atoms with Gasteiger partial charge in [-0.25, -0.2) is 0 Å². The van der Waals surface area contributed by atoms with Crippen molar-refractivity contribution in [3.05, 3.63) is 49.6 Å². The summed E-state index contributed by atoms with van der Waals surface area (Å²) in [7, 11) is 0. The highest BCUT2D eigenvalue weighted by Gasteiger charge is 1.59. The van der Waals surface area contributed by atoms with Crippen molar-refractivity contribution < 1.29 is 0 Å². The number of hydrogen-bond acceptors (Lipinski definition) is 0. The lowest BCUT2D eigenvalue weighted by Gasteiger charge is -1.71. The first-order valence-electron chi connectivity index (χ1n) is 3.20. The van der Waals surface area contributed by atoms with Crippen molar-refractivity contribution in [2.75, 3.05) is 0 Å². The molecule has 0 amide bonds. The topological polar surface area (TPSA) is 0 Å². The smallest absolute Gasteiger partial charge is 0.0404 e. The average molecular weight is 136 g/mol. The van der Waals surface area contributed by atoms with Crippen LogP contribution < -0.4 is 0 Å². The molecule has 0 nitrogen and oxygen atoms in total. The van der Waals surface area contributed by atoms with E-state index in [0.29, 0.717) is 0 Å². The summed E-state index contributed by atoms with van der Waals surface area (Å²) in [4.78, 5) is 0. The number of hydrogen-bond donors (Lipinski definition) is 0. The normalized spacial score (nSPS) is 7.80. The lowest BCUT2D eigenvalue weighted by molar-refractivity contribution is 1.58. The van der Waals surface area contributed by atoms with E-state index in [2.05, 4.69) is 19.7 Å². The highest BCUT2D eigenvalue weighted by atomic mass is 13.7. The molecule has 0 rings (SSSR count). The maximum Gasteiger partial charge on any atom is -0.0404 e. The van der Waals surface area contributed by atoms with Gasteiger partial charge in [0.2, 0.25) is 0 Å². The molecule has 0 atom stereocenters. The third kappa shape index (κ3) is 28.2. The molecule has 0 radical (unpaired) electrons. The first kappa shape index (κ1) is 11.7. The van der Waals surface area contributed by atoms with Gasteiger partial charge in [0, 0.05) is 0 Å². The van der Waals surface area contributed by atoms with Gasteiger partial charge in [0.1, 0.15) is 0 Å². The molecule has 0 spiro atoms. The lowest BCUT2D eigenvalue weighted by atomic mass is 10.4. The summed E-state index contributed by atoms with van der Waals surface area (Å²) in [5.74, 6) is 0. The summed E-state index contributed by atoms with van der Waals surface area (Å²) in [6, 6.07) is 0. The van der Waals surface area contributed by atoms with Crippen LogP contribution >= 0.6 is 0 Å². The van der Waals surface area contributed by atoms with Gasteiger partial charge in [-0.05, 0) is 13.8 Å².